The molecule has 8 N–H and O–H groups in total. The molecule has 254 valence electrons. The number of hydrogen-bond acceptors (Lipinski definition) is 8. The zero-order valence-corrected chi connectivity index (χ0v) is 29.2. The fourth-order valence-corrected chi connectivity index (χ4v) is 6.69. The summed E-state index contributed by atoms with van der Waals surface area (Å²) in [7, 11) is 0. The molecule has 3 aromatic rings. The third-order valence-corrected chi connectivity index (χ3v) is 9.47. The smallest absolute Gasteiger partial charge is 0.260 e. The quantitative estimate of drug-likeness (QED) is 0.167. The second-order valence-corrected chi connectivity index (χ2v) is 13.6. The molecule has 2 amide bonds. The molecule has 0 bridgehead atoms. The molecule has 2 fully saturated rings. The first kappa shape index (κ1) is 36.4. The molecular weight excluding hydrogens is 659 g/mol. The van der Waals surface area contributed by atoms with Crippen molar-refractivity contribution < 1.29 is 9.59 Å². The van der Waals surface area contributed by atoms with Gasteiger partial charge in [-0.3, -0.25) is 19.4 Å². The number of anilines is 6. The van der Waals surface area contributed by atoms with Gasteiger partial charge in [-0.05, 0) is 100 Å². The van der Waals surface area contributed by atoms with Crippen LogP contribution in [0.15, 0.2) is 54.6 Å². The van der Waals surface area contributed by atoms with Gasteiger partial charge < -0.3 is 22.9 Å². The highest BCUT2D eigenvalue weighted by Crippen LogP contribution is 2.36. The number of nitrogen functional groups attached to an aromatic ring is 4. The summed E-state index contributed by atoms with van der Waals surface area (Å²) in [5.74, 6) is -0.0626. The molecule has 2 saturated heterocycles. The maximum Gasteiger partial charge on any atom is 0.260 e. The van der Waals surface area contributed by atoms with Gasteiger partial charge in [-0.1, -0.05) is 54.2 Å². The Morgan fingerprint density at radius 2 is 1.34 bits per heavy atom. The number of carbonyl (C=O) groups is 2. The van der Waals surface area contributed by atoms with E-state index in [1.54, 1.807) is 54.6 Å². The molecule has 0 saturated carbocycles. The van der Waals surface area contributed by atoms with Crippen LogP contribution in [0.4, 0.5) is 34.1 Å². The van der Waals surface area contributed by atoms with Gasteiger partial charge in [0.1, 0.15) is 0 Å². The van der Waals surface area contributed by atoms with Crippen molar-refractivity contribution in [2.24, 2.45) is 5.92 Å². The van der Waals surface area contributed by atoms with Gasteiger partial charge in [0.25, 0.3) is 11.8 Å². The molecule has 10 nitrogen and oxygen atoms in total. The lowest BCUT2D eigenvalue weighted by atomic mass is 10.0. The number of hydrogen-bond donors (Lipinski definition) is 4. The average Bonchev–Trinajstić information content (AvgIpc) is 3.01. The van der Waals surface area contributed by atoms with Gasteiger partial charge >= 0.3 is 0 Å². The molecule has 0 spiro atoms. The van der Waals surface area contributed by atoms with Crippen LogP contribution in [0.2, 0.25) is 15.1 Å². The van der Waals surface area contributed by atoms with Crippen LogP contribution in [0.25, 0.3) is 0 Å². The number of rotatable bonds is 6. The number of hydrazine groups is 1. The van der Waals surface area contributed by atoms with E-state index < -0.39 is 0 Å². The van der Waals surface area contributed by atoms with Crippen LogP contribution in [-0.4, -0.2) is 60.4 Å². The molecule has 5 rings (SSSR count). The van der Waals surface area contributed by atoms with Crippen LogP contribution in [0, 0.1) is 5.92 Å². The number of para-hydroxylation sites is 1. The van der Waals surface area contributed by atoms with E-state index in [-0.39, 0.29) is 41.0 Å². The largest absolute Gasteiger partial charge is 0.399 e. The minimum Gasteiger partial charge on any atom is -0.399 e. The number of amides is 2. The Labute approximate surface area is 292 Å². The van der Waals surface area contributed by atoms with E-state index in [1.165, 1.54) is 10.0 Å². The summed E-state index contributed by atoms with van der Waals surface area (Å²) in [5, 5.41) is 3.78. The first-order valence-electron chi connectivity index (χ1n) is 15.9. The van der Waals surface area contributed by atoms with Crippen LogP contribution in [0.1, 0.15) is 46.0 Å². The molecule has 3 aromatic carbocycles. The third-order valence-electron chi connectivity index (χ3n) is 8.54. The minimum absolute atomic E-state index is 0.138. The number of likely N-dealkylation sites (tertiary alicyclic amines) is 2. The first-order chi connectivity index (χ1) is 22.3. The average molecular weight is 704 g/mol. The van der Waals surface area contributed by atoms with Crippen LogP contribution >= 0.6 is 34.8 Å². The van der Waals surface area contributed by atoms with Crippen LogP contribution < -0.4 is 33.0 Å². The third kappa shape index (κ3) is 9.58. The number of carbonyl (C=O) groups excluding carboxylic acids is 2. The van der Waals surface area contributed by atoms with E-state index in [0.29, 0.717) is 45.1 Å². The molecule has 2 unspecified atom stereocenters. The van der Waals surface area contributed by atoms with E-state index in [1.807, 2.05) is 0 Å². The van der Waals surface area contributed by atoms with E-state index in [0.717, 1.165) is 51.7 Å². The summed E-state index contributed by atoms with van der Waals surface area (Å²) in [6.45, 7) is 7.05. The fourth-order valence-electron chi connectivity index (χ4n) is 5.97. The van der Waals surface area contributed by atoms with Crippen LogP contribution in [-0.2, 0) is 9.59 Å². The highest BCUT2D eigenvalue weighted by molar-refractivity contribution is 6.36. The molecule has 2 aliphatic heterocycles. The highest BCUT2D eigenvalue weighted by atomic mass is 35.5. The molecule has 2 aliphatic rings. The van der Waals surface area contributed by atoms with Gasteiger partial charge in [0.15, 0.2) is 0 Å². The maximum atomic E-state index is 14.2. The summed E-state index contributed by atoms with van der Waals surface area (Å²) < 4.78 is 0. The van der Waals surface area contributed by atoms with E-state index in [4.69, 9.17) is 57.7 Å². The van der Waals surface area contributed by atoms with E-state index in [2.05, 4.69) is 23.6 Å². The Hall–Kier alpha value is -3.41. The van der Waals surface area contributed by atoms with Gasteiger partial charge in [0.05, 0.1) is 50.9 Å². The summed E-state index contributed by atoms with van der Waals surface area (Å²) in [5.41, 5.74) is 25.4. The van der Waals surface area contributed by atoms with E-state index in [9.17, 15) is 9.59 Å². The number of halogens is 3. The normalized spacial score (nSPS) is 18.6. The SMILES string of the molecule is CC1CCCN(CC(=O)N(c2ccc(N)cc2Cl)N(C(=O)CN2CCCCC2C)c2ccc(N)cc2Cl)C1.Nc1cccc(Cl)c1N. The van der Waals surface area contributed by atoms with Gasteiger partial charge in [-0.25, -0.2) is 10.0 Å². The summed E-state index contributed by atoms with van der Waals surface area (Å²) in [4.78, 5) is 32.6. The number of nitrogens with two attached hydrogens (primary N) is 4. The lowest BCUT2D eigenvalue weighted by molar-refractivity contribution is -0.125. The Bertz CT molecular complexity index is 1540. The van der Waals surface area contributed by atoms with Gasteiger partial charge in [-0.15, -0.1) is 0 Å². The fraction of sp³-hybridized carbons (Fsp3) is 0.412. The summed E-state index contributed by atoms with van der Waals surface area (Å²) in [6, 6.07) is 15.3. The summed E-state index contributed by atoms with van der Waals surface area (Å²) >= 11 is 18.9. The maximum absolute atomic E-state index is 14.2. The van der Waals surface area contributed by atoms with Gasteiger partial charge in [0.2, 0.25) is 0 Å². The molecule has 47 heavy (non-hydrogen) atoms. The zero-order chi connectivity index (χ0) is 34.2. The number of piperidine rings is 2. The van der Waals surface area contributed by atoms with E-state index >= 15 is 0 Å². The van der Waals surface area contributed by atoms with Crippen LogP contribution in [0.5, 0.6) is 0 Å². The molecule has 0 aliphatic carbocycles. The van der Waals surface area contributed by atoms with Gasteiger partial charge in [-0.2, -0.15) is 0 Å². The predicted molar refractivity (Wildman–Crippen MR) is 197 cm³/mol. The lowest BCUT2D eigenvalue weighted by Gasteiger charge is -2.40. The second-order valence-electron chi connectivity index (χ2n) is 12.4. The molecule has 0 aromatic heterocycles. The lowest BCUT2D eigenvalue weighted by Crippen LogP contribution is -2.57. The molecule has 2 heterocycles. The monoisotopic (exact) mass is 702 g/mol. The van der Waals surface area contributed by atoms with Crippen molar-refractivity contribution in [3.05, 3.63) is 69.7 Å². The minimum atomic E-state index is -0.279. The van der Waals surface area contributed by atoms with Crippen molar-refractivity contribution in [3.63, 3.8) is 0 Å². The van der Waals surface area contributed by atoms with Crippen molar-refractivity contribution in [3.8, 4) is 0 Å². The Kier molecular flexibility index (Phi) is 12.9. The van der Waals surface area contributed by atoms with Crippen molar-refractivity contribution in [1.82, 2.24) is 9.80 Å². The van der Waals surface area contributed by atoms with Crippen molar-refractivity contribution >= 4 is 80.7 Å². The van der Waals surface area contributed by atoms with Crippen molar-refractivity contribution in [2.45, 2.75) is 52.0 Å². The number of nitrogens with zero attached hydrogens (tertiary/aromatic N) is 4. The van der Waals surface area contributed by atoms with Crippen molar-refractivity contribution in [1.29, 1.82) is 0 Å². The molecule has 2 atom stereocenters. The second kappa shape index (κ2) is 16.6. The highest BCUT2D eigenvalue weighted by Gasteiger charge is 2.35. The molecule has 0 radical (unpaired) electrons. The predicted octanol–water partition coefficient (Wildman–Crippen LogP) is 6.55. The Morgan fingerprint density at radius 3 is 1.85 bits per heavy atom. The first-order valence-corrected chi connectivity index (χ1v) is 17.0. The van der Waals surface area contributed by atoms with Crippen LogP contribution in [0.3, 0.4) is 0 Å². The Balaban J connectivity index is 0.000000479. The standard InChI is InChI=1S/C28H38Cl2N6O2.C6H7ClN2/c1-19-6-5-12-33(16-19)17-27(37)35(25-10-8-21(31)14-23(25)29)36(26-11-9-22(32)15-24(26)30)28(38)18-34-13-4-3-7-20(34)2;7-4-2-1-3-5(8)6(4)9/h8-11,14-15,19-20H,3-7,12-13,16-18,31-32H2,1-2H3;1-3H,8-9H2. The van der Waals surface area contributed by atoms with Crippen molar-refractivity contribution in [2.75, 3.05) is 65.7 Å². The molecular formula is C34H45Cl3N8O2. The Morgan fingerprint density at radius 1 is 0.745 bits per heavy atom. The molecule has 13 heteroatoms. The topological polar surface area (TPSA) is 151 Å². The summed E-state index contributed by atoms with van der Waals surface area (Å²) in [6.07, 6.45) is 5.35. The van der Waals surface area contributed by atoms with Gasteiger partial charge in [0, 0.05) is 24.0 Å². The number of benzene rings is 3. The zero-order valence-electron chi connectivity index (χ0n) is 27.0.